The van der Waals surface area contributed by atoms with Gasteiger partial charge in [0.2, 0.25) is 0 Å². The highest BCUT2D eigenvalue weighted by molar-refractivity contribution is 9.10. The summed E-state index contributed by atoms with van der Waals surface area (Å²) in [5, 5.41) is 3.66. The topological polar surface area (TPSA) is 41.6 Å². The van der Waals surface area contributed by atoms with Gasteiger partial charge in [-0.15, -0.1) is 0 Å². The first-order chi connectivity index (χ1) is 10.2. The summed E-state index contributed by atoms with van der Waals surface area (Å²) in [6.45, 7) is 8.24. The van der Waals surface area contributed by atoms with Gasteiger partial charge in [0.1, 0.15) is 5.60 Å². The molecule has 0 aliphatic carbocycles. The van der Waals surface area contributed by atoms with Gasteiger partial charge >= 0.3 is 6.09 Å². The van der Waals surface area contributed by atoms with E-state index in [4.69, 9.17) is 16.3 Å². The first-order valence-corrected chi connectivity index (χ1v) is 8.56. The maximum atomic E-state index is 11.8. The van der Waals surface area contributed by atoms with E-state index in [1.54, 1.807) is 0 Å². The minimum absolute atomic E-state index is 0.144. The number of ether oxygens (including phenoxy) is 1. The van der Waals surface area contributed by atoms with Crippen LogP contribution in [0.4, 0.5) is 4.79 Å². The molecule has 2 rings (SSSR count). The second-order valence-electron chi connectivity index (χ2n) is 6.62. The lowest BCUT2D eigenvalue weighted by Crippen LogP contribution is -2.40. The van der Waals surface area contributed by atoms with Crippen LogP contribution >= 0.6 is 27.5 Å². The monoisotopic (exact) mass is 388 g/mol. The first-order valence-electron chi connectivity index (χ1n) is 7.39. The van der Waals surface area contributed by atoms with Crippen LogP contribution in [-0.2, 0) is 11.3 Å². The molecule has 1 fully saturated rings. The summed E-state index contributed by atoms with van der Waals surface area (Å²) in [7, 11) is 0. The number of carbonyl (C=O) groups excluding carboxylic acids is 1. The van der Waals surface area contributed by atoms with Crippen LogP contribution < -0.4 is 5.32 Å². The van der Waals surface area contributed by atoms with Gasteiger partial charge < -0.3 is 10.1 Å². The Balaban J connectivity index is 1.82. The Morgan fingerprint density at radius 2 is 2.23 bits per heavy atom. The average Bonchev–Trinajstić information content (AvgIpc) is 2.78. The molecule has 1 N–H and O–H groups in total. The van der Waals surface area contributed by atoms with Crippen molar-refractivity contribution in [1.29, 1.82) is 0 Å². The Morgan fingerprint density at radius 3 is 2.86 bits per heavy atom. The molecule has 0 aromatic heterocycles. The van der Waals surface area contributed by atoms with Crippen molar-refractivity contribution in [3.8, 4) is 0 Å². The third-order valence-corrected chi connectivity index (χ3v) is 4.60. The smallest absolute Gasteiger partial charge is 0.407 e. The molecule has 1 aromatic rings. The quantitative estimate of drug-likeness (QED) is 0.842. The molecule has 1 atom stereocenters. The molecule has 1 unspecified atom stereocenters. The number of nitrogens with one attached hydrogen (secondary N) is 1. The number of hydrogen-bond acceptors (Lipinski definition) is 3. The second-order valence-corrected chi connectivity index (χ2v) is 7.88. The standard InChI is InChI=1S/C16H22BrClN2O2/c1-16(2,3)22-15(21)19-12-6-7-20(10-12)9-11-4-5-14(18)13(17)8-11/h4-5,8,12H,6-7,9-10H2,1-3H3,(H,19,21). The molecule has 1 saturated heterocycles. The third-order valence-electron chi connectivity index (χ3n) is 3.38. The fraction of sp³-hybridized carbons (Fsp3) is 0.562. The Hall–Kier alpha value is -0.780. The zero-order valence-corrected chi connectivity index (χ0v) is 15.5. The van der Waals surface area contributed by atoms with Gasteiger partial charge in [-0.3, -0.25) is 4.90 Å². The number of benzene rings is 1. The van der Waals surface area contributed by atoms with Gasteiger partial charge in [0.25, 0.3) is 0 Å². The van der Waals surface area contributed by atoms with Crippen molar-refractivity contribution in [3.05, 3.63) is 33.3 Å². The SMILES string of the molecule is CC(C)(C)OC(=O)NC1CCN(Cc2ccc(Cl)c(Br)c2)C1. The van der Waals surface area contributed by atoms with E-state index in [1.165, 1.54) is 5.56 Å². The fourth-order valence-corrected chi connectivity index (χ4v) is 3.01. The Labute approximate surface area is 145 Å². The summed E-state index contributed by atoms with van der Waals surface area (Å²) in [6.07, 6.45) is 0.599. The zero-order chi connectivity index (χ0) is 16.3. The average molecular weight is 390 g/mol. The van der Waals surface area contributed by atoms with Crippen molar-refractivity contribution in [2.45, 2.75) is 45.4 Å². The predicted octanol–water partition coefficient (Wildman–Crippen LogP) is 4.20. The number of likely N-dealkylation sites (tertiary alicyclic amines) is 1. The molecule has 0 radical (unpaired) electrons. The molecule has 4 nitrogen and oxygen atoms in total. The maximum Gasteiger partial charge on any atom is 0.407 e. The van der Waals surface area contributed by atoms with Gasteiger partial charge in [0.05, 0.1) is 5.02 Å². The first kappa shape index (κ1) is 17.6. The molecule has 0 bridgehead atoms. The zero-order valence-electron chi connectivity index (χ0n) is 13.2. The van der Waals surface area contributed by atoms with E-state index in [9.17, 15) is 4.79 Å². The van der Waals surface area contributed by atoms with Crippen LogP contribution in [-0.4, -0.2) is 35.7 Å². The van der Waals surface area contributed by atoms with E-state index in [-0.39, 0.29) is 12.1 Å². The highest BCUT2D eigenvalue weighted by atomic mass is 79.9. The Bertz CT molecular complexity index is 545. The van der Waals surface area contributed by atoms with Gasteiger partial charge in [-0.05, 0) is 60.8 Å². The summed E-state index contributed by atoms with van der Waals surface area (Å²) in [5.41, 5.74) is 0.743. The van der Waals surface area contributed by atoms with Crippen molar-refractivity contribution >= 4 is 33.6 Å². The van der Waals surface area contributed by atoms with Crippen LogP contribution in [0, 0.1) is 0 Å². The van der Waals surface area contributed by atoms with Crippen LogP contribution in [0.25, 0.3) is 0 Å². The summed E-state index contributed by atoms with van der Waals surface area (Å²) >= 11 is 9.45. The molecule has 0 saturated carbocycles. The minimum atomic E-state index is -0.460. The van der Waals surface area contributed by atoms with Crippen molar-refractivity contribution in [1.82, 2.24) is 10.2 Å². The van der Waals surface area contributed by atoms with Gasteiger partial charge in [0, 0.05) is 30.1 Å². The number of halogens is 2. The summed E-state index contributed by atoms with van der Waals surface area (Å²) in [6, 6.07) is 6.11. The van der Waals surface area contributed by atoms with E-state index < -0.39 is 5.60 Å². The fourth-order valence-electron chi connectivity index (χ4n) is 2.46. The highest BCUT2D eigenvalue weighted by Crippen LogP contribution is 2.24. The van der Waals surface area contributed by atoms with Crippen LogP contribution in [0.15, 0.2) is 22.7 Å². The molecule has 1 amide bonds. The van der Waals surface area contributed by atoms with Crippen LogP contribution in [0.2, 0.25) is 5.02 Å². The van der Waals surface area contributed by atoms with Gasteiger partial charge in [-0.1, -0.05) is 17.7 Å². The van der Waals surface area contributed by atoms with Crippen LogP contribution in [0.3, 0.4) is 0 Å². The van der Waals surface area contributed by atoms with E-state index in [0.717, 1.165) is 35.6 Å². The molecule has 122 valence electrons. The molecule has 22 heavy (non-hydrogen) atoms. The number of nitrogens with zero attached hydrogens (tertiary/aromatic N) is 1. The van der Waals surface area contributed by atoms with Gasteiger partial charge in [0.15, 0.2) is 0 Å². The Morgan fingerprint density at radius 1 is 1.50 bits per heavy atom. The van der Waals surface area contributed by atoms with Gasteiger partial charge in [-0.25, -0.2) is 4.79 Å². The normalized spacial score (nSPS) is 19.2. The molecule has 0 spiro atoms. The summed E-state index contributed by atoms with van der Waals surface area (Å²) in [4.78, 5) is 14.1. The van der Waals surface area contributed by atoms with Crippen molar-refractivity contribution in [2.75, 3.05) is 13.1 Å². The molecule has 1 heterocycles. The molecule has 1 aromatic carbocycles. The van der Waals surface area contributed by atoms with Crippen molar-refractivity contribution < 1.29 is 9.53 Å². The van der Waals surface area contributed by atoms with E-state index in [0.29, 0.717) is 0 Å². The maximum absolute atomic E-state index is 11.8. The lowest BCUT2D eigenvalue weighted by Gasteiger charge is -2.22. The number of rotatable bonds is 3. The number of alkyl carbamates (subject to hydrolysis) is 1. The molecule has 6 heteroatoms. The minimum Gasteiger partial charge on any atom is -0.444 e. The van der Waals surface area contributed by atoms with Crippen molar-refractivity contribution in [2.24, 2.45) is 0 Å². The van der Waals surface area contributed by atoms with E-state index in [1.807, 2.05) is 39.0 Å². The Kier molecular flexibility index (Phi) is 5.75. The highest BCUT2D eigenvalue weighted by Gasteiger charge is 2.26. The summed E-state index contributed by atoms with van der Waals surface area (Å²) in [5.74, 6) is 0. The van der Waals surface area contributed by atoms with E-state index in [2.05, 4.69) is 26.1 Å². The number of hydrogen-bond donors (Lipinski definition) is 1. The number of amides is 1. The molecule has 1 aliphatic rings. The molecular weight excluding hydrogens is 368 g/mol. The lowest BCUT2D eigenvalue weighted by atomic mass is 10.2. The lowest BCUT2D eigenvalue weighted by molar-refractivity contribution is 0.0506. The molecular formula is C16H22BrClN2O2. The van der Waals surface area contributed by atoms with Gasteiger partial charge in [-0.2, -0.15) is 0 Å². The molecule has 1 aliphatic heterocycles. The largest absolute Gasteiger partial charge is 0.444 e. The van der Waals surface area contributed by atoms with E-state index >= 15 is 0 Å². The second kappa shape index (κ2) is 7.20. The van der Waals surface area contributed by atoms with Crippen LogP contribution in [0.1, 0.15) is 32.8 Å². The summed E-state index contributed by atoms with van der Waals surface area (Å²) < 4.78 is 6.20. The predicted molar refractivity (Wildman–Crippen MR) is 92.2 cm³/mol. The number of carbonyl (C=O) groups is 1. The van der Waals surface area contributed by atoms with Crippen LogP contribution in [0.5, 0.6) is 0 Å². The third kappa shape index (κ3) is 5.45. The van der Waals surface area contributed by atoms with Crippen molar-refractivity contribution in [3.63, 3.8) is 0 Å².